The van der Waals surface area contributed by atoms with E-state index in [1.807, 2.05) is 13.0 Å². The van der Waals surface area contributed by atoms with Gasteiger partial charge in [0.15, 0.2) is 0 Å². The summed E-state index contributed by atoms with van der Waals surface area (Å²) in [4.78, 5) is 17.4. The number of nitriles is 1. The number of carbonyl (C=O) groups excluding carboxylic acids is 1. The molecule has 5 nitrogen and oxygen atoms in total. The van der Waals surface area contributed by atoms with Crippen molar-refractivity contribution >= 4 is 11.7 Å². The van der Waals surface area contributed by atoms with Gasteiger partial charge in [0, 0.05) is 20.1 Å². The van der Waals surface area contributed by atoms with Gasteiger partial charge in [-0.25, -0.2) is 9.37 Å². The molecule has 0 aliphatic heterocycles. The van der Waals surface area contributed by atoms with Gasteiger partial charge in [0.25, 0.3) is 5.91 Å². The van der Waals surface area contributed by atoms with Gasteiger partial charge >= 0.3 is 0 Å². The lowest BCUT2D eigenvalue weighted by Gasteiger charge is -2.17. The summed E-state index contributed by atoms with van der Waals surface area (Å²) < 4.78 is 13.2. The minimum Gasteiger partial charge on any atom is -0.369 e. The molecular weight excluding hydrogens is 247 g/mol. The first kappa shape index (κ1) is 14.9. The summed E-state index contributed by atoms with van der Waals surface area (Å²) in [6.45, 7) is 2.94. The van der Waals surface area contributed by atoms with Crippen LogP contribution in [0.3, 0.4) is 0 Å². The van der Waals surface area contributed by atoms with Gasteiger partial charge in [0.1, 0.15) is 11.6 Å². The van der Waals surface area contributed by atoms with Crippen molar-refractivity contribution in [3.63, 3.8) is 0 Å². The van der Waals surface area contributed by atoms with E-state index in [4.69, 9.17) is 5.26 Å². The van der Waals surface area contributed by atoms with E-state index in [9.17, 15) is 9.18 Å². The summed E-state index contributed by atoms with van der Waals surface area (Å²) in [5, 5.41) is 11.5. The van der Waals surface area contributed by atoms with E-state index in [0.29, 0.717) is 18.9 Å². The predicted molar refractivity (Wildman–Crippen MR) is 70.2 cm³/mol. The van der Waals surface area contributed by atoms with Crippen molar-refractivity contribution < 1.29 is 9.18 Å². The van der Waals surface area contributed by atoms with Gasteiger partial charge in [0.05, 0.1) is 24.3 Å². The number of carbonyl (C=O) groups is 1. The van der Waals surface area contributed by atoms with E-state index < -0.39 is 5.82 Å². The third kappa shape index (κ3) is 4.21. The van der Waals surface area contributed by atoms with Crippen molar-refractivity contribution in [2.45, 2.75) is 19.8 Å². The Kier molecular flexibility index (Phi) is 5.73. The van der Waals surface area contributed by atoms with E-state index >= 15 is 0 Å². The zero-order chi connectivity index (χ0) is 14.3. The van der Waals surface area contributed by atoms with E-state index in [0.717, 1.165) is 18.7 Å². The molecule has 0 unspecified atom stereocenters. The molecule has 19 heavy (non-hydrogen) atoms. The number of hydrogen-bond acceptors (Lipinski definition) is 4. The van der Waals surface area contributed by atoms with Crippen molar-refractivity contribution in [2.75, 3.05) is 25.5 Å². The molecule has 0 atom stereocenters. The SMILES string of the molecule is CCCNc1ncc(F)cc1C(=O)N(C)CCC#N. The molecule has 0 bridgehead atoms. The van der Waals surface area contributed by atoms with Crippen molar-refractivity contribution in [2.24, 2.45) is 0 Å². The Bertz CT molecular complexity index is 484. The van der Waals surface area contributed by atoms with Gasteiger partial charge in [-0.2, -0.15) is 5.26 Å². The van der Waals surface area contributed by atoms with Crippen LogP contribution in [0, 0.1) is 17.1 Å². The number of halogens is 1. The second kappa shape index (κ2) is 7.31. The second-order valence-corrected chi connectivity index (χ2v) is 4.11. The van der Waals surface area contributed by atoms with Crippen LogP contribution in [0.1, 0.15) is 30.1 Å². The number of rotatable bonds is 6. The largest absolute Gasteiger partial charge is 0.369 e. The molecule has 0 fully saturated rings. The normalized spacial score (nSPS) is 9.79. The molecule has 0 saturated heterocycles. The molecule has 1 amide bonds. The van der Waals surface area contributed by atoms with E-state index in [-0.39, 0.29) is 17.9 Å². The summed E-state index contributed by atoms with van der Waals surface area (Å²) >= 11 is 0. The highest BCUT2D eigenvalue weighted by molar-refractivity contribution is 5.98. The Labute approximate surface area is 112 Å². The summed E-state index contributed by atoms with van der Waals surface area (Å²) in [5.41, 5.74) is 0.189. The van der Waals surface area contributed by atoms with Crippen molar-refractivity contribution in [1.29, 1.82) is 5.26 Å². The fourth-order valence-electron chi connectivity index (χ4n) is 1.51. The lowest BCUT2D eigenvalue weighted by atomic mass is 10.2. The standard InChI is InChI=1S/C13H17FN4O/c1-3-6-16-12-11(8-10(14)9-17-12)13(19)18(2)7-4-5-15/h8-9H,3-4,6-7H2,1-2H3,(H,16,17). The molecule has 1 aromatic rings. The van der Waals surface area contributed by atoms with Crippen molar-refractivity contribution in [1.82, 2.24) is 9.88 Å². The zero-order valence-electron chi connectivity index (χ0n) is 11.1. The maximum atomic E-state index is 13.2. The topological polar surface area (TPSA) is 69.0 Å². The maximum absolute atomic E-state index is 13.2. The average Bonchev–Trinajstić information content (AvgIpc) is 2.42. The van der Waals surface area contributed by atoms with Gasteiger partial charge in [-0.1, -0.05) is 6.92 Å². The van der Waals surface area contributed by atoms with Crippen molar-refractivity contribution in [3.8, 4) is 6.07 Å². The van der Waals surface area contributed by atoms with Crippen molar-refractivity contribution in [3.05, 3.63) is 23.6 Å². The maximum Gasteiger partial charge on any atom is 0.257 e. The third-order valence-corrected chi connectivity index (χ3v) is 2.53. The Hall–Kier alpha value is -2.16. The first-order chi connectivity index (χ1) is 9.10. The van der Waals surface area contributed by atoms with E-state index in [1.165, 1.54) is 4.90 Å². The van der Waals surface area contributed by atoms with E-state index in [1.54, 1.807) is 7.05 Å². The smallest absolute Gasteiger partial charge is 0.257 e. The van der Waals surface area contributed by atoms with Gasteiger partial charge in [-0.3, -0.25) is 4.79 Å². The molecule has 102 valence electrons. The third-order valence-electron chi connectivity index (χ3n) is 2.53. The molecule has 0 saturated carbocycles. The molecule has 0 aromatic carbocycles. The number of aromatic nitrogens is 1. The van der Waals surface area contributed by atoms with Crippen LogP contribution in [-0.2, 0) is 0 Å². The quantitative estimate of drug-likeness (QED) is 0.853. The Morgan fingerprint density at radius 1 is 1.63 bits per heavy atom. The summed E-state index contributed by atoms with van der Waals surface area (Å²) in [5.74, 6) is -0.531. The lowest BCUT2D eigenvalue weighted by Crippen LogP contribution is -2.28. The Morgan fingerprint density at radius 3 is 3.00 bits per heavy atom. The minimum atomic E-state index is -0.556. The minimum absolute atomic E-state index is 0.189. The monoisotopic (exact) mass is 264 g/mol. The zero-order valence-corrected chi connectivity index (χ0v) is 11.1. The van der Waals surface area contributed by atoms with Crippen LogP contribution in [0.5, 0.6) is 0 Å². The van der Waals surface area contributed by atoms with Gasteiger partial charge in [0.2, 0.25) is 0 Å². The number of nitrogens with zero attached hydrogens (tertiary/aromatic N) is 3. The molecule has 1 N–H and O–H groups in total. The molecule has 1 aromatic heterocycles. The van der Waals surface area contributed by atoms with Crippen LogP contribution in [0.4, 0.5) is 10.2 Å². The number of nitrogens with one attached hydrogen (secondary N) is 1. The highest BCUT2D eigenvalue weighted by Crippen LogP contribution is 2.16. The van der Waals surface area contributed by atoms with Crippen LogP contribution >= 0.6 is 0 Å². The predicted octanol–water partition coefficient (Wildman–Crippen LogP) is 2.03. The first-order valence-corrected chi connectivity index (χ1v) is 6.12. The first-order valence-electron chi connectivity index (χ1n) is 6.12. The van der Waals surface area contributed by atoms with Crippen LogP contribution in [-0.4, -0.2) is 35.9 Å². The highest BCUT2D eigenvalue weighted by atomic mass is 19.1. The number of amides is 1. The molecule has 6 heteroatoms. The molecule has 0 aliphatic carbocycles. The highest BCUT2D eigenvalue weighted by Gasteiger charge is 2.17. The number of hydrogen-bond donors (Lipinski definition) is 1. The fourth-order valence-corrected chi connectivity index (χ4v) is 1.51. The van der Waals surface area contributed by atoms with Crippen LogP contribution in [0.15, 0.2) is 12.3 Å². The molecule has 0 aliphatic rings. The average molecular weight is 264 g/mol. The molecule has 1 heterocycles. The second-order valence-electron chi connectivity index (χ2n) is 4.11. The van der Waals surface area contributed by atoms with Crippen LogP contribution in [0.25, 0.3) is 0 Å². The summed E-state index contributed by atoms with van der Waals surface area (Å²) in [6, 6.07) is 3.13. The molecule has 0 radical (unpaired) electrons. The van der Waals surface area contributed by atoms with Gasteiger partial charge in [-0.15, -0.1) is 0 Å². The lowest BCUT2D eigenvalue weighted by molar-refractivity contribution is 0.0798. The summed E-state index contributed by atoms with van der Waals surface area (Å²) in [7, 11) is 1.58. The number of pyridine rings is 1. The van der Waals surface area contributed by atoms with Crippen LogP contribution < -0.4 is 5.32 Å². The number of anilines is 1. The fraction of sp³-hybridized carbons (Fsp3) is 0.462. The molecule has 1 rings (SSSR count). The van der Waals surface area contributed by atoms with Crippen LogP contribution in [0.2, 0.25) is 0 Å². The van der Waals surface area contributed by atoms with Gasteiger partial charge < -0.3 is 10.2 Å². The molecular formula is C13H17FN4O. The molecule has 0 spiro atoms. The van der Waals surface area contributed by atoms with Gasteiger partial charge in [-0.05, 0) is 12.5 Å². The Balaban J connectivity index is 2.93. The Morgan fingerprint density at radius 2 is 2.37 bits per heavy atom. The van der Waals surface area contributed by atoms with E-state index in [2.05, 4.69) is 10.3 Å². The summed E-state index contributed by atoms with van der Waals surface area (Å²) in [6.07, 6.45) is 2.18.